The number of anilines is 2. The van der Waals surface area contributed by atoms with Crippen LogP contribution < -0.4 is 10.6 Å². The molecule has 0 radical (unpaired) electrons. The summed E-state index contributed by atoms with van der Waals surface area (Å²) in [5.41, 5.74) is 9.44. The molecule has 1 heterocycles. The van der Waals surface area contributed by atoms with E-state index in [2.05, 4.69) is 158 Å². The fraction of sp³-hybridized carbons (Fsp3) is 0.189. The molecule has 41 heavy (non-hydrogen) atoms. The van der Waals surface area contributed by atoms with Crippen molar-refractivity contribution in [1.82, 2.24) is 4.90 Å². The molecule has 1 aliphatic heterocycles. The van der Waals surface area contributed by atoms with Crippen molar-refractivity contribution in [2.75, 3.05) is 23.7 Å². The number of hydrogen-bond donors (Lipinski definition) is 2. The lowest BCUT2D eigenvalue weighted by molar-refractivity contribution is 0.296. The predicted molar refractivity (Wildman–Crippen MR) is 179 cm³/mol. The topological polar surface area (TPSA) is 27.3 Å². The number of fused-ring (bicyclic) bond motifs is 1. The lowest BCUT2D eigenvalue weighted by atomic mass is 9.97. The van der Waals surface area contributed by atoms with E-state index < -0.39 is 0 Å². The van der Waals surface area contributed by atoms with Crippen molar-refractivity contribution in [2.45, 2.75) is 37.6 Å². The molecule has 0 spiro atoms. The van der Waals surface area contributed by atoms with Crippen molar-refractivity contribution in [2.24, 2.45) is 0 Å². The Kier molecular flexibility index (Phi) is 9.79. The summed E-state index contributed by atoms with van der Waals surface area (Å²) in [4.78, 5) is 3.74. The number of nitrogens with zero attached hydrogens (tertiary/aromatic N) is 1. The second kappa shape index (κ2) is 14.1. The average Bonchev–Trinajstić information content (AvgIpc) is 3.43. The molecule has 4 aromatic carbocycles. The first kappa shape index (κ1) is 28.5. The summed E-state index contributed by atoms with van der Waals surface area (Å²) in [5, 5.41) is 7.53. The van der Waals surface area contributed by atoms with Crippen molar-refractivity contribution >= 4 is 34.4 Å². The third kappa shape index (κ3) is 7.60. The molecule has 1 unspecified atom stereocenters. The molecule has 0 saturated heterocycles. The normalized spacial score (nSPS) is 15.3. The van der Waals surface area contributed by atoms with Crippen LogP contribution in [-0.4, -0.2) is 23.4 Å². The zero-order valence-corrected chi connectivity index (χ0v) is 25.0. The Morgan fingerprint density at radius 2 is 1.56 bits per heavy atom. The van der Waals surface area contributed by atoms with Gasteiger partial charge >= 0.3 is 0 Å². The fourth-order valence-electron chi connectivity index (χ4n) is 4.99. The highest BCUT2D eigenvalue weighted by molar-refractivity contribution is 8.00. The van der Waals surface area contributed by atoms with E-state index in [0.717, 1.165) is 42.2 Å². The van der Waals surface area contributed by atoms with E-state index in [1.54, 1.807) is 0 Å². The maximum absolute atomic E-state index is 3.71. The van der Waals surface area contributed by atoms with Gasteiger partial charge in [-0.3, -0.25) is 4.90 Å². The van der Waals surface area contributed by atoms with E-state index in [0.29, 0.717) is 0 Å². The highest BCUT2D eigenvalue weighted by atomic mass is 32.2. The van der Waals surface area contributed by atoms with Crippen molar-refractivity contribution < 1.29 is 0 Å². The number of nitrogens with one attached hydrogen (secondary N) is 2. The molecule has 3 nitrogen and oxygen atoms in total. The Morgan fingerprint density at radius 3 is 2.29 bits per heavy atom. The van der Waals surface area contributed by atoms with Gasteiger partial charge in [0, 0.05) is 28.5 Å². The summed E-state index contributed by atoms with van der Waals surface area (Å²) in [6.07, 6.45) is 8.93. The summed E-state index contributed by atoms with van der Waals surface area (Å²) in [6.45, 7) is 9.69. The number of allylic oxidation sites excluding steroid dienone is 4. The summed E-state index contributed by atoms with van der Waals surface area (Å²) in [6, 6.07) is 36.5. The quantitative estimate of drug-likeness (QED) is 0.180. The molecule has 0 aromatic heterocycles. The van der Waals surface area contributed by atoms with Crippen molar-refractivity contribution in [3.8, 4) is 0 Å². The molecule has 5 rings (SSSR count). The van der Waals surface area contributed by atoms with Crippen molar-refractivity contribution in [3.05, 3.63) is 150 Å². The molecule has 4 heteroatoms. The Bertz CT molecular complexity index is 1490. The van der Waals surface area contributed by atoms with Crippen LogP contribution in [0.25, 0.3) is 11.3 Å². The molecule has 0 saturated carbocycles. The molecular weight excluding hydrogens is 518 g/mol. The Morgan fingerprint density at radius 1 is 0.854 bits per heavy atom. The molecular formula is C37H39N3S. The second-order valence-corrected chi connectivity index (χ2v) is 11.4. The number of thioether (sulfide) groups is 1. The van der Waals surface area contributed by atoms with Crippen LogP contribution in [0.4, 0.5) is 11.4 Å². The first-order valence-electron chi connectivity index (χ1n) is 14.4. The van der Waals surface area contributed by atoms with Crippen LogP contribution in [0.15, 0.2) is 132 Å². The maximum atomic E-state index is 3.71. The highest BCUT2D eigenvalue weighted by Crippen LogP contribution is 2.38. The van der Waals surface area contributed by atoms with Crippen LogP contribution in [0.5, 0.6) is 0 Å². The largest absolute Gasteiger partial charge is 0.369 e. The third-order valence-corrected chi connectivity index (χ3v) is 8.51. The molecule has 208 valence electrons. The lowest BCUT2D eigenvalue weighted by Crippen LogP contribution is -2.22. The summed E-state index contributed by atoms with van der Waals surface area (Å²) < 4.78 is 0. The Labute approximate surface area is 249 Å². The number of benzene rings is 4. The SMILES string of the molecule is CCN(CC)Cc1ccc(/C(=C/C(=C/C=C/C2Nc3ccccc3S2)c2ccccc2C)Nc2ccccc2)cc1. The van der Waals surface area contributed by atoms with Gasteiger partial charge in [0.15, 0.2) is 0 Å². The minimum atomic E-state index is 0.214. The first-order chi connectivity index (χ1) is 20.1. The number of para-hydroxylation sites is 2. The molecule has 2 N–H and O–H groups in total. The Hall–Kier alpha value is -3.99. The van der Waals surface area contributed by atoms with Gasteiger partial charge in [0.25, 0.3) is 0 Å². The van der Waals surface area contributed by atoms with E-state index in [1.807, 2.05) is 17.8 Å². The number of hydrogen-bond acceptors (Lipinski definition) is 4. The highest BCUT2D eigenvalue weighted by Gasteiger charge is 2.17. The molecule has 0 bridgehead atoms. The standard InChI is InChI=1S/C37H39N3S/c1-4-40(5-2)27-29-22-24-30(25-23-29)35(38-32-16-7-6-8-17-32)26-31(33-18-10-9-14-28(33)3)15-13-21-37-39-34-19-11-12-20-36(34)41-37/h6-26,37-39H,4-5,27H2,1-3H3/b21-13+,31-15-,35-26-. The van der Waals surface area contributed by atoms with Gasteiger partial charge in [-0.15, -0.1) is 0 Å². The minimum absolute atomic E-state index is 0.214. The van der Waals surface area contributed by atoms with E-state index in [9.17, 15) is 0 Å². The summed E-state index contributed by atoms with van der Waals surface area (Å²) >= 11 is 1.85. The maximum Gasteiger partial charge on any atom is 0.0960 e. The van der Waals surface area contributed by atoms with E-state index in [4.69, 9.17) is 0 Å². The van der Waals surface area contributed by atoms with Gasteiger partial charge in [-0.1, -0.05) is 123 Å². The third-order valence-electron chi connectivity index (χ3n) is 7.37. The summed E-state index contributed by atoms with van der Waals surface area (Å²) in [7, 11) is 0. The predicted octanol–water partition coefficient (Wildman–Crippen LogP) is 9.47. The Balaban J connectivity index is 1.49. The summed E-state index contributed by atoms with van der Waals surface area (Å²) in [5.74, 6) is 0. The van der Waals surface area contributed by atoms with Crippen LogP contribution in [0, 0.1) is 6.92 Å². The van der Waals surface area contributed by atoms with Gasteiger partial charge in [-0.2, -0.15) is 0 Å². The van der Waals surface area contributed by atoms with Gasteiger partial charge in [-0.05, 0) is 78.2 Å². The van der Waals surface area contributed by atoms with Crippen LogP contribution in [0.3, 0.4) is 0 Å². The molecule has 0 aliphatic carbocycles. The molecule has 1 atom stereocenters. The zero-order chi connectivity index (χ0) is 28.4. The number of aryl methyl sites for hydroxylation is 1. The molecule has 0 fully saturated rings. The van der Waals surface area contributed by atoms with Crippen molar-refractivity contribution in [1.29, 1.82) is 0 Å². The molecule has 4 aromatic rings. The van der Waals surface area contributed by atoms with Crippen LogP contribution in [0.1, 0.15) is 36.1 Å². The number of rotatable bonds is 11. The van der Waals surface area contributed by atoms with Gasteiger partial charge in [0.2, 0.25) is 0 Å². The van der Waals surface area contributed by atoms with E-state index in [-0.39, 0.29) is 5.37 Å². The van der Waals surface area contributed by atoms with E-state index in [1.165, 1.54) is 27.3 Å². The smallest absolute Gasteiger partial charge is 0.0960 e. The van der Waals surface area contributed by atoms with Gasteiger partial charge < -0.3 is 10.6 Å². The van der Waals surface area contributed by atoms with Crippen LogP contribution in [-0.2, 0) is 6.54 Å². The van der Waals surface area contributed by atoms with Gasteiger partial charge in [-0.25, -0.2) is 0 Å². The van der Waals surface area contributed by atoms with E-state index >= 15 is 0 Å². The van der Waals surface area contributed by atoms with Crippen LogP contribution in [0.2, 0.25) is 0 Å². The fourth-order valence-corrected chi connectivity index (χ4v) is 6.03. The average molecular weight is 558 g/mol. The minimum Gasteiger partial charge on any atom is -0.369 e. The zero-order valence-electron chi connectivity index (χ0n) is 24.2. The molecule has 0 amide bonds. The van der Waals surface area contributed by atoms with Crippen LogP contribution >= 0.6 is 11.8 Å². The van der Waals surface area contributed by atoms with Crippen molar-refractivity contribution in [3.63, 3.8) is 0 Å². The monoisotopic (exact) mass is 557 g/mol. The molecule has 1 aliphatic rings. The van der Waals surface area contributed by atoms with Gasteiger partial charge in [0.05, 0.1) is 5.37 Å². The van der Waals surface area contributed by atoms with Gasteiger partial charge in [0.1, 0.15) is 0 Å². The second-order valence-electron chi connectivity index (χ2n) is 10.2. The lowest BCUT2D eigenvalue weighted by Gasteiger charge is -2.19. The first-order valence-corrected chi connectivity index (χ1v) is 15.3.